The summed E-state index contributed by atoms with van der Waals surface area (Å²) in [7, 11) is -0.163. The quantitative estimate of drug-likeness (QED) is 0.257. The van der Waals surface area contributed by atoms with Gasteiger partial charge >= 0.3 is 0 Å². The van der Waals surface area contributed by atoms with E-state index in [1.165, 1.54) is 28.3 Å². The van der Waals surface area contributed by atoms with Gasteiger partial charge in [-0.3, -0.25) is 0 Å². The van der Waals surface area contributed by atoms with Crippen LogP contribution in [0.15, 0.2) is 102 Å². The average Bonchev–Trinajstić information content (AvgIpc) is 3.33. The van der Waals surface area contributed by atoms with Gasteiger partial charge in [-0.05, 0) is 51.9 Å². The number of hydrogen-bond donors (Lipinski definition) is 2. The highest BCUT2D eigenvalue weighted by atomic mass is 28.2. The van der Waals surface area contributed by atoms with Gasteiger partial charge in [0.25, 0.3) is 0 Å². The van der Waals surface area contributed by atoms with E-state index in [-0.39, 0.29) is 21.0 Å². The van der Waals surface area contributed by atoms with E-state index in [4.69, 9.17) is 6.42 Å². The first kappa shape index (κ1) is 20.3. The fourth-order valence-electron chi connectivity index (χ4n) is 3.69. The third-order valence-corrected chi connectivity index (χ3v) is 6.53. The van der Waals surface area contributed by atoms with Crippen molar-refractivity contribution in [3.8, 4) is 23.8 Å². The molecule has 0 fully saturated rings. The van der Waals surface area contributed by atoms with Crippen LogP contribution in [-0.4, -0.2) is 19.7 Å². The molecule has 5 rings (SSSR count). The molecule has 4 aromatic carbocycles. The van der Waals surface area contributed by atoms with Crippen LogP contribution in [0.1, 0.15) is 16.7 Å². The summed E-state index contributed by atoms with van der Waals surface area (Å²) in [5, 5.41) is 20.2. The van der Waals surface area contributed by atoms with Crippen molar-refractivity contribution in [2.24, 2.45) is 0 Å². The van der Waals surface area contributed by atoms with Gasteiger partial charge in [0.05, 0.1) is 9.52 Å². The molecule has 0 saturated carbocycles. The Morgan fingerprint density at radius 3 is 1.81 bits per heavy atom. The van der Waals surface area contributed by atoms with Gasteiger partial charge in [0.1, 0.15) is 0 Å². The van der Waals surface area contributed by atoms with Crippen LogP contribution in [-0.2, 0) is 0 Å². The van der Waals surface area contributed by atoms with E-state index >= 15 is 0 Å². The predicted octanol–water partition coefficient (Wildman–Crippen LogP) is 5.48. The third kappa shape index (κ3) is 4.45. The van der Waals surface area contributed by atoms with Gasteiger partial charge in [-0.2, -0.15) is 0 Å². The average molecular weight is 419 g/mol. The van der Waals surface area contributed by atoms with Crippen molar-refractivity contribution in [2.45, 2.75) is 0 Å². The molecule has 31 heavy (non-hydrogen) atoms. The molecule has 0 atom stereocenters. The molecule has 0 aromatic heterocycles. The summed E-state index contributed by atoms with van der Waals surface area (Å²) in [5.74, 6) is 2.28. The largest absolute Gasteiger partial charge is 0.504 e. The Morgan fingerprint density at radius 1 is 0.677 bits per heavy atom. The molecule has 2 N–H and O–H groups in total. The Morgan fingerprint density at radius 2 is 1.26 bits per heavy atom. The summed E-state index contributed by atoms with van der Waals surface area (Å²) in [5.41, 5.74) is 11.2. The second-order valence-corrected chi connectivity index (χ2v) is 8.50. The SMILES string of the molecule is C#Cc1ccc2c(O)c(O)ccc2c1.C1=C(c2ccccc2)C(c2ccccc2)=C[SiH2]1. The fraction of sp³-hybridized carbons (Fsp3) is 0. The number of fused-ring (bicyclic) bond motifs is 1. The van der Waals surface area contributed by atoms with Crippen molar-refractivity contribution < 1.29 is 10.2 Å². The summed E-state index contributed by atoms with van der Waals surface area (Å²) in [6.07, 6.45) is 5.25. The predicted molar refractivity (Wildman–Crippen MR) is 133 cm³/mol. The van der Waals surface area contributed by atoms with Gasteiger partial charge in [-0.25, -0.2) is 0 Å². The van der Waals surface area contributed by atoms with Gasteiger partial charge in [-0.1, -0.05) is 84.0 Å². The summed E-state index contributed by atoms with van der Waals surface area (Å²) in [6.45, 7) is 0. The molecule has 4 aromatic rings. The second kappa shape index (κ2) is 9.21. The molecule has 0 aliphatic carbocycles. The molecule has 1 aliphatic heterocycles. The van der Waals surface area contributed by atoms with E-state index in [2.05, 4.69) is 78.0 Å². The molecule has 2 nitrogen and oxygen atoms in total. The molecule has 0 spiro atoms. The first-order valence-corrected chi connectivity index (χ1v) is 11.7. The number of rotatable bonds is 2. The normalized spacial score (nSPS) is 12.4. The van der Waals surface area contributed by atoms with Crippen LogP contribution in [0.2, 0.25) is 0 Å². The Labute approximate surface area is 184 Å². The van der Waals surface area contributed by atoms with Crippen molar-refractivity contribution in [1.29, 1.82) is 0 Å². The van der Waals surface area contributed by atoms with E-state index in [9.17, 15) is 10.2 Å². The Balaban J connectivity index is 0.000000152. The van der Waals surface area contributed by atoms with Crippen molar-refractivity contribution in [3.63, 3.8) is 0 Å². The number of allylic oxidation sites excluding steroid dienone is 2. The Hall–Kier alpha value is -4.00. The summed E-state index contributed by atoms with van der Waals surface area (Å²) in [4.78, 5) is 0. The summed E-state index contributed by atoms with van der Waals surface area (Å²) in [6, 6.07) is 29.7. The van der Waals surface area contributed by atoms with Gasteiger partial charge in [-0.15, -0.1) is 6.42 Å². The molecule has 0 saturated heterocycles. The third-order valence-electron chi connectivity index (χ3n) is 5.24. The van der Waals surface area contributed by atoms with E-state index in [1.807, 2.05) is 0 Å². The maximum atomic E-state index is 9.52. The minimum atomic E-state index is -0.163. The monoisotopic (exact) mass is 418 g/mol. The number of phenols is 2. The van der Waals surface area contributed by atoms with Crippen LogP contribution in [0.4, 0.5) is 0 Å². The summed E-state index contributed by atoms with van der Waals surface area (Å²) < 4.78 is 0. The van der Waals surface area contributed by atoms with E-state index < -0.39 is 0 Å². The molecule has 1 heterocycles. The molecule has 0 radical (unpaired) electrons. The second-order valence-electron chi connectivity index (χ2n) is 7.22. The Bertz CT molecular complexity index is 1260. The maximum absolute atomic E-state index is 9.52. The number of hydrogen-bond acceptors (Lipinski definition) is 2. The maximum Gasteiger partial charge on any atom is 0.165 e. The van der Waals surface area contributed by atoms with Gasteiger partial charge in [0.15, 0.2) is 11.5 Å². The standard InChI is InChI=1S/C16H14Si.C12H8O2/c1-3-7-13(8-4-1)15-11-17-12-16(15)14-9-5-2-6-10-14;1-2-8-3-5-10-9(7-8)4-6-11(13)12(10)14/h1-12H,17H2;1,3-7,13-14H. The fourth-order valence-corrected chi connectivity index (χ4v) is 5.19. The highest BCUT2D eigenvalue weighted by molar-refractivity contribution is 6.56. The molecule has 0 amide bonds. The highest BCUT2D eigenvalue weighted by Crippen LogP contribution is 2.34. The first-order valence-electron chi connectivity index (χ1n) is 10.1. The van der Waals surface area contributed by atoms with Gasteiger partial charge in [0, 0.05) is 10.9 Å². The number of terminal acetylenes is 1. The lowest BCUT2D eigenvalue weighted by molar-refractivity contribution is 0.408. The van der Waals surface area contributed by atoms with Crippen molar-refractivity contribution in [1.82, 2.24) is 0 Å². The van der Waals surface area contributed by atoms with Gasteiger partial charge in [0.2, 0.25) is 0 Å². The zero-order valence-electron chi connectivity index (χ0n) is 17.0. The minimum Gasteiger partial charge on any atom is -0.504 e. The van der Waals surface area contributed by atoms with Crippen LogP contribution in [0.25, 0.3) is 21.9 Å². The van der Waals surface area contributed by atoms with E-state index in [1.54, 1.807) is 24.3 Å². The van der Waals surface area contributed by atoms with Crippen LogP contribution >= 0.6 is 0 Å². The number of phenolic OH excluding ortho intramolecular Hbond substituents is 2. The molecule has 150 valence electrons. The van der Waals surface area contributed by atoms with Crippen LogP contribution in [0.5, 0.6) is 11.5 Å². The van der Waals surface area contributed by atoms with Crippen LogP contribution in [0, 0.1) is 12.3 Å². The molecule has 3 heteroatoms. The molecule has 0 bridgehead atoms. The smallest absolute Gasteiger partial charge is 0.165 e. The molecule has 0 unspecified atom stereocenters. The number of benzene rings is 4. The highest BCUT2D eigenvalue weighted by Gasteiger charge is 2.13. The lowest BCUT2D eigenvalue weighted by Crippen LogP contribution is -1.86. The zero-order chi connectivity index (χ0) is 21.6. The van der Waals surface area contributed by atoms with E-state index in [0.717, 1.165) is 10.9 Å². The van der Waals surface area contributed by atoms with Crippen molar-refractivity contribution in [3.05, 3.63) is 119 Å². The Kier molecular flexibility index (Phi) is 6.02. The molecule has 1 aliphatic rings. The van der Waals surface area contributed by atoms with Crippen LogP contribution in [0.3, 0.4) is 0 Å². The molecular weight excluding hydrogens is 396 g/mol. The summed E-state index contributed by atoms with van der Waals surface area (Å²) >= 11 is 0. The van der Waals surface area contributed by atoms with Gasteiger partial charge < -0.3 is 10.2 Å². The lowest BCUT2D eigenvalue weighted by atomic mass is 9.95. The zero-order valence-corrected chi connectivity index (χ0v) is 18.4. The topological polar surface area (TPSA) is 40.5 Å². The first-order chi connectivity index (χ1) is 15.2. The minimum absolute atomic E-state index is 0.105. The van der Waals surface area contributed by atoms with Crippen LogP contribution < -0.4 is 0 Å². The lowest BCUT2D eigenvalue weighted by Gasteiger charge is -2.09. The molecular formula is C28H22O2Si. The van der Waals surface area contributed by atoms with Crippen molar-refractivity contribution in [2.75, 3.05) is 0 Å². The van der Waals surface area contributed by atoms with E-state index in [0.29, 0.717) is 5.39 Å². The number of aromatic hydroxyl groups is 2. The van der Waals surface area contributed by atoms with Crippen molar-refractivity contribution >= 4 is 31.4 Å².